The number of hydrogen-bond acceptors (Lipinski definition) is 5. The zero-order valence-electron chi connectivity index (χ0n) is 17.8. The van der Waals surface area contributed by atoms with E-state index < -0.39 is 29.8 Å². The highest BCUT2D eigenvalue weighted by Gasteiger charge is 2.41. The van der Waals surface area contributed by atoms with Gasteiger partial charge in [-0.05, 0) is 49.8 Å². The fourth-order valence-electron chi connectivity index (χ4n) is 4.23. The minimum absolute atomic E-state index is 0.0966. The van der Waals surface area contributed by atoms with Crippen molar-refractivity contribution in [1.82, 2.24) is 4.90 Å². The lowest BCUT2D eigenvalue weighted by molar-refractivity contribution is -0.135. The van der Waals surface area contributed by atoms with Crippen LogP contribution in [-0.4, -0.2) is 61.0 Å². The zero-order valence-corrected chi connectivity index (χ0v) is 17.8. The number of nitrogens with two attached hydrogens (primary N) is 1. The molecule has 1 aromatic rings. The van der Waals surface area contributed by atoms with Crippen LogP contribution in [0.25, 0.3) is 0 Å². The molecule has 3 fully saturated rings. The number of anilines is 2. The van der Waals surface area contributed by atoms with Gasteiger partial charge >= 0.3 is 0 Å². The second-order valence-electron chi connectivity index (χ2n) is 8.69. The van der Waals surface area contributed by atoms with Crippen molar-refractivity contribution < 1.29 is 27.9 Å². The summed E-state index contributed by atoms with van der Waals surface area (Å²) in [6.45, 7) is 1.06. The van der Waals surface area contributed by atoms with E-state index in [1.807, 2.05) is 4.90 Å². The van der Waals surface area contributed by atoms with E-state index in [9.17, 15) is 23.2 Å². The van der Waals surface area contributed by atoms with E-state index in [2.05, 4.69) is 5.32 Å². The van der Waals surface area contributed by atoms with Crippen molar-refractivity contribution in [1.29, 1.82) is 0 Å². The van der Waals surface area contributed by atoms with Crippen molar-refractivity contribution in [2.24, 2.45) is 11.7 Å². The quantitative estimate of drug-likeness (QED) is 0.561. The fraction of sp³-hybridized carbons (Fsp3) is 0.591. The number of benzene rings is 1. The van der Waals surface area contributed by atoms with E-state index in [1.54, 1.807) is 0 Å². The Morgan fingerprint density at radius 3 is 2.56 bits per heavy atom. The Labute approximate surface area is 185 Å². The van der Waals surface area contributed by atoms with Gasteiger partial charge in [0.2, 0.25) is 5.91 Å². The molecule has 1 saturated heterocycles. The highest BCUT2D eigenvalue weighted by Crippen LogP contribution is 2.36. The number of morpholine rings is 1. The lowest BCUT2D eigenvalue weighted by atomic mass is 9.89. The molecule has 0 spiro atoms. The van der Waals surface area contributed by atoms with Crippen LogP contribution in [0.5, 0.6) is 0 Å². The van der Waals surface area contributed by atoms with Crippen LogP contribution >= 0.6 is 0 Å². The third-order valence-corrected chi connectivity index (χ3v) is 6.38. The molecule has 0 unspecified atom stereocenters. The van der Waals surface area contributed by atoms with Gasteiger partial charge in [-0.2, -0.15) is 0 Å². The number of carbonyl (C=O) groups is 3. The lowest BCUT2D eigenvalue weighted by Crippen LogP contribution is -2.57. The van der Waals surface area contributed by atoms with Crippen LogP contribution < -0.4 is 16.0 Å². The molecule has 2 aliphatic carbocycles. The molecule has 174 valence electrons. The number of amides is 3. The third-order valence-electron chi connectivity index (χ3n) is 6.38. The molecular formula is C22H28F2N4O4. The van der Waals surface area contributed by atoms with E-state index in [0.29, 0.717) is 24.8 Å². The van der Waals surface area contributed by atoms with Gasteiger partial charge in [0.1, 0.15) is 6.61 Å². The summed E-state index contributed by atoms with van der Waals surface area (Å²) in [4.78, 5) is 40.6. The first-order chi connectivity index (χ1) is 15.3. The van der Waals surface area contributed by atoms with Gasteiger partial charge in [0.25, 0.3) is 18.2 Å². The average Bonchev–Trinajstić information content (AvgIpc) is 3.51. The average molecular weight is 450 g/mol. The molecule has 2 saturated carbocycles. The van der Waals surface area contributed by atoms with Gasteiger partial charge < -0.3 is 20.7 Å². The van der Waals surface area contributed by atoms with Gasteiger partial charge in [-0.3, -0.25) is 19.3 Å². The Hall–Kier alpha value is -2.59. The topological polar surface area (TPSA) is 105 Å². The standard InChI is InChI=1S/C22H28F2N4O4/c23-20(24)16-10-15(27-8-9-32-12-18(27)29)6-7-17(16)26-22(31)19(21(25)30)28(11-13-4-5-13)14-2-1-3-14/h6-7,10,13-14,19-20H,1-5,8-9,11-12H2,(H2,25,30)(H,26,31)/t19-/m0/s1. The predicted octanol–water partition coefficient (Wildman–Crippen LogP) is 2.04. The zero-order chi connectivity index (χ0) is 22.8. The van der Waals surface area contributed by atoms with Gasteiger partial charge in [-0.25, -0.2) is 8.78 Å². The molecule has 3 aliphatic rings. The first kappa shape index (κ1) is 22.6. The van der Waals surface area contributed by atoms with Crippen molar-refractivity contribution in [3.8, 4) is 0 Å². The highest BCUT2D eigenvalue weighted by atomic mass is 19.3. The molecule has 10 heteroatoms. The van der Waals surface area contributed by atoms with E-state index >= 15 is 0 Å². The summed E-state index contributed by atoms with van der Waals surface area (Å²) in [5.41, 5.74) is 5.39. The number of alkyl halides is 2. The lowest BCUT2D eigenvalue weighted by Gasteiger charge is -2.40. The Kier molecular flexibility index (Phi) is 6.71. The van der Waals surface area contributed by atoms with E-state index in [4.69, 9.17) is 10.5 Å². The summed E-state index contributed by atoms with van der Waals surface area (Å²) in [7, 11) is 0. The van der Waals surface area contributed by atoms with Crippen LogP contribution in [-0.2, 0) is 19.1 Å². The van der Waals surface area contributed by atoms with E-state index in [1.165, 1.54) is 23.1 Å². The Bertz CT molecular complexity index is 889. The minimum atomic E-state index is -2.89. The van der Waals surface area contributed by atoms with Gasteiger partial charge in [0.05, 0.1) is 6.61 Å². The number of nitrogens with one attached hydrogen (secondary N) is 1. The molecule has 0 radical (unpaired) electrons. The van der Waals surface area contributed by atoms with Gasteiger partial charge in [-0.15, -0.1) is 0 Å². The van der Waals surface area contributed by atoms with Crippen LogP contribution in [0, 0.1) is 5.92 Å². The Morgan fingerprint density at radius 2 is 2.00 bits per heavy atom. The van der Waals surface area contributed by atoms with E-state index in [-0.39, 0.29) is 30.8 Å². The van der Waals surface area contributed by atoms with Crippen LogP contribution in [0.3, 0.4) is 0 Å². The summed E-state index contributed by atoms with van der Waals surface area (Å²) in [5, 5.41) is 2.50. The van der Waals surface area contributed by atoms with Gasteiger partial charge in [0.15, 0.2) is 6.04 Å². The molecule has 1 aromatic carbocycles. The van der Waals surface area contributed by atoms with Crippen LogP contribution in [0.15, 0.2) is 18.2 Å². The summed E-state index contributed by atoms with van der Waals surface area (Å²) < 4.78 is 32.7. The smallest absolute Gasteiger partial charge is 0.265 e. The summed E-state index contributed by atoms with van der Waals surface area (Å²) >= 11 is 0. The third kappa shape index (κ3) is 4.91. The molecule has 1 heterocycles. The van der Waals surface area contributed by atoms with Crippen LogP contribution in [0.2, 0.25) is 0 Å². The Balaban J connectivity index is 1.56. The second kappa shape index (κ2) is 9.50. The van der Waals surface area contributed by atoms with E-state index in [0.717, 1.165) is 32.1 Å². The first-order valence-electron chi connectivity index (χ1n) is 11.0. The number of carbonyl (C=O) groups excluding carboxylic acids is 3. The maximum absolute atomic E-state index is 13.8. The molecule has 32 heavy (non-hydrogen) atoms. The largest absolute Gasteiger partial charge is 0.370 e. The maximum atomic E-state index is 13.8. The van der Waals surface area contributed by atoms with Crippen molar-refractivity contribution in [2.45, 2.75) is 50.6 Å². The number of rotatable bonds is 9. The van der Waals surface area contributed by atoms with Crippen LogP contribution in [0.1, 0.15) is 44.1 Å². The maximum Gasteiger partial charge on any atom is 0.265 e. The SMILES string of the molecule is NC(=O)[C@@H](C(=O)Nc1ccc(N2CCOCC2=O)cc1C(F)F)N(CC1CC1)C1CCC1. The molecule has 1 aliphatic heterocycles. The summed E-state index contributed by atoms with van der Waals surface area (Å²) in [6, 6.07) is 2.91. The normalized spacial score (nSPS) is 20.4. The molecule has 8 nitrogen and oxygen atoms in total. The van der Waals surface area contributed by atoms with Crippen LogP contribution in [0.4, 0.5) is 20.2 Å². The van der Waals surface area contributed by atoms with Crippen molar-refractivity contribution in [3.63, 3.8) is 0 Å². The monoisotopic (exact) mass is 450 g/mol. The van der Waals surface area contributed by atoms with Crippen molar-refractivity contribution in [2.75, 3.05) is 36.5 Å². The number of primary amides is 1. The van der Waals surface area contributed by atoms with Gasteiger partial charge in [0, 0.05) is 36.1 Å². The number of ether oxygens (including phenoxy) is 1. The number of hydrogen-bond donors (Lipinski definition) is 2. The Morgan fingerprint density at radius 1 is 1.25 bits per heavy atom. The van der Waals surface area contributed by atoms with Crippen molar-refractivity contribution in [3.05, 3.63) is 23.8 Å². The molecule has 0 aromatic heterocycles. The molecular weight excluding hydrogens is 422 g/mol. The molecule has 1 atom stereocenters. The molecule has 4 rings (SSSR count). The number of nitrogens with zero attached hydrogens (tertiary/aromatic N) is 2. The van der Waals surface area contributed by atoms with Gasteiger partial charge in [-0.1, -0.05) is 6.42 Å². The summed E-state index contributed by atoms with van der Waals surface area (Å²) in [5.74, 6) is -1.38. The molecule has 0 bridgehead atoms. The number of halogens is 2. The molecule has 3 N–H and O–H groups in total. The fourth-order valence-corrected chi connectivity index (χ4v) is 4.23. The summed E-state index contributed by atoms with van der Waals surface area (Å²) in [6.07, 6.45) is 2.00. The van der Waals surface area contributed by atoms with Crippen molar-refractivity contribution >= 4 is 29.1 Å². The first-order valence-corrected chi connectivity index (χ1v) is 11.0. The highest BCUT2D eigenvalue weighted by molar-refractivity contribution is 6.10. The molecule has 3 amide bonds. The minimum Gasteiger partial charge on any atom is -0.370 e. The second-order valence-corrected chi connectivity index (χ2v) is 8.69. The predicted molar refractivity (Wildman–Crippen MR) is 113 cm³/mol.